The van der Waals surface area contributed by atoms with Crippen molar-refractivity contribution >= 4 is 23.4 Å². The number of rotatable bonds is 11. The van der Waals surface area contributed by atoms with Crippen molar-refractivity contribution in [3.05, 3.63) is 58.6 Å². The molecule has 0 spiro atoms. The van der Waals surface area contributed by atoms with Crippen LogP contribution in [0.1, 0.15) is 37.8 Å². The number of halogens is 1. The third-order valence-corrected chi connectivity index (χ3v) is 5.33. The van der Waals surface area contributed by atoms with E-state index in [1.165, 1.54) is 0 Å². The van der Waals surface area contributed by atoms with Gasteiger partial charge in [0.1, 0.15) is 6.04 Å². The van der Waals surface area contributed by atoms with E-state index in [-0.39, 0.29) is 18.2 Å². The predicted octanol–water partition coefficient (Wildman–Crippen LogP) is 4.23. The fourth-order valence-corrected chi connectivity index (χ4v) is 3.56. The third-order valence-electron chi connectivity index (χ3n) is 5.08. The molecule has 0 bridgehead atoms. The van der Waals surface area contributed by atoms with Gasteiger partial charge in [-0.3, -0.25) is 9.59 Å². The lowest BCUT2D eigenvalue weighted by Crippen LogP contribution is -2.49. The quantitative estimate of drug-likeness (QED) is 0.560. The highest BCUT2D eigenvalue weighted by Crippen LogP contribution is 2.28. The average Bonchev–Trinajstić information content (AvgIpc) is 2.78. The van der Waals surface area contributed by atoms with Crippen molar-refractivity contribution in [2.45, 2.75) is 45.7 Å². The van der Waals surface area contributed by atoms with E-state index in [4.69, 9.17) is 21.1 Å². The zero-order valence-corrected chi connectivity index (χ0v) is 19.4. The van der Waals surface area contributed by atoms with Gasteiger partial charge in [-0.25, -0.2) is 0 Å². The Morgan fingerprint density at radius 3 is 2.23 bits per heavy atom. The maximum Gasteiger partial charge on any atom is 0.242 e. The zero-order chi connectivity index (χ0) is 22.8. The molecule has 7 heteroatoms. The Morgan fingerprint density at radius 1 is 1.00 bits per heavy atom. The summed E-state index contributed by atoms with van der Waals surface area (Å²) in [5.41, 5.74) is 1.88. The van der Waals surface area contributed by atoms with Crippen LogP contribution in [-0.4, -0.2) is 43.5 Å². The fourth-order valence-electron chi connectivity index (χ4n) is 3.43. The fraction of sp³-hybridized carbons (Fsp3) is 0.417. The summed E-state index contributed by atoms with van der Waals surface area (Å²) >= 11 is 5.99. The van der Waals surface area contributed by atoms with Crippen molar-refractivity contribution in [2.24, 2.45) is 0 Å². The highest BCUT2D eigenvalue weighted by atomic mass is 35.5. The summed E-state index contributed by atoms with van der Waals surface area (Å²) in [6, 6.07) is 12.4. The molecule has 1 atom stereocenters. The predicted molar refractivity (Wildman–Crippen MR) is 123 cm³/mol. The van der Waals surface area contributed by atoms with Gasteiger partial charge in [0.2, 0.25) is 11.8 Å². The summed E-state index contributed by atoms with van der Waals surface area (Å²) in [6.45, 7) is 4.64. The number of methoxy groups -OCH3 is 2. The second kappa shape index (κ2) is 12.2. The number of hydrogen-bond acceptors (Lipinski definition) is 4. The van der Waals surface area contributed by atoms with Crippen molar-refractivity contribution in [1.82, 2.24) is 10.2 Å². The van der Waals surface area contributed by atoms with Crippen LogP contribution in [0.5, 0.6) is 11.5 Å². The molecule has 0 heterocycles. The number of carbonyl (C=O) groups excluding carboxylic acids is 2. The van der Waals surface area contributed by atoms with Gasteiger partial charge in [-0.15, -0.1) is 0 Å². The van der Waals surface area contributed by atoms with Gasteiger partial charge >= 0.3 is 0 Å². The van der Waals surface area contributed by atoms with Gasteiger partial charge in [-0.05, 0) is 55.2 Å². The lowest BCUT2D eigenvalue weighted by atomic mass is 10.1. The van der Waals surface area contributed by atoms with Crippen LogP contribution in [0.15, 0.2) is 42.5 Å². The minimum absolute atomic E-state index is 0.0807. The second-order valence-corrected chi connectivity index (χ2v) is 7.59. The van der Waals surface area contributed by atoms with Crippen molar-refractivity contribution in [3.8, 4) is 11.5 Å². The van der Waals surface area contributed by atoms with Crippen molar-refractivity contribution in [3.63, 3.8) is 0 Å². The number of amides is 2. The molecule has 0 aliphatic rings. The van der Waals surface area contributed by atoms with Crippen LogP contribution in [0.3, 0.4) is 0 Å². The number of aryl methyl sites for hydroxylation is 1. The molecule has 2 rings (SSSR count). The van der Waals surface area contributed by atoms with Crippen LogP contribution in [0.2, 0.25) is 5.02 Å². The number of nitrogens with one attached hydrogen (secondary N) is 1. The Hall–Kier alpha value is -2.73. The molecule has 2 aromatic carbocycles. The first-order valence-electron chi connectivity index (χ1n) is 10.5. The highest BCUT2D eigenvalue weighted by Gasteiger charge is 2.28. The lowest BCUT2D eigenvalue weighted by molar-refractivity contribution is -0.141. The summed E-state index contributed by atoms with van der Waals surface area (Å²) in [7, 11) is 3.17. The molecule has 0 aliphatic heterocycles. The smallest absolute Gasteiger partial charge is 0.242 e. The highest BCUT2D eigenvalue weighted by molar-refractivity contribution is 6.30. The molecule has 0 saturated carbocycles. The number of carbonyl (C=O) groups is 2. The van der Waals surface area contributed by atoms with Crippen molar-refractivity contribution in [2.75, 3.05) is 20.8 Å². The normalized spacial score (nSPS) is 11.5. The Balaban J connectivity index is 2.20. The second-order valence-electron chi connectivity index (χ2n) is 7.16. The number of likely N-dealkylation sites (N-methyl/N-ethyl adjacent to an activating group) is 1. The maximum atomic E-state index is 13.2. The van der Waals surface area contributed by atoms with Gasteiger partial charge in [-0.2, -0.15) is 0 Å². The first-order chi connectivity index (χ1) is 14.9. The van der Waals surface area contributed by atoms with E-state index in [9.17, 15) is 9.59 Å². The van der Waals surface area contributed by atoms with Gasteiger partial charge in [0.25, 0.3) is 0 Å². The van der Waals surface area contributed by atoms with Gasteiger partial charge in [0.05, 0.1) is 14.2 Å². The third kappa shape index (κ3) is 6.89. The molecule has 6 nitrogen and oxygen atoms in total. The number of hydrogen-bond donors (Lipinski definition) is 1. The SMILES string of the molecule is CCNC(=O)[C@@H](CC)N(Cc1ccc(Cl)cc1)C(=O)CCc1ccc(OC)c(OC)c1. The zero-order valence-electron chi connectivity index (χ0n) is 18.6. The summed E-state index contributed by atoms with van der Waals surface area (Å²) in [5, 5.41) is 3.47. The van der Waals surface area contributed by atoms with Crippen LogP contribution in [-0.2, 0) is 22.6 Å². The standard InChI is InChI=1S/C24H31ClN2O4/c1-5-20(24(29)26-6-2)27(16-18-7-11-19(25)12-8-18)23(28)14-10-17-9-13-21(30-3)22(15-17)31-4/h7-9,11-13,15,20H,5-6,10,14,16H2,1-4H3,(H,26,29)/t20-/m1/s1. The monoisotopic (exact) mass is 446 g/mol. The van der Waals surface area contributed by atoms with Crippen LogP contribution < -0.4 is 14.8 Å². The molecule has 0 aromatic heterocycles. The molecule has 0 unspecified atom stereocenters. The largest absolute Gasteiger partial charge is 0.493 e. The average molecular weight is 447 g/mol. The van der Waals surface area contributed by atoms with Crippen LogP contribution in [0.25, 0.3) is 0 Å². The summed E-state index contributed by atoms with van der Waals surface area (Å²) in [5.74, 6) is 1.05. The Kier molecular flexibility index (Phi) is 9.66. The molecule has 0 fully saturated rings. The molecule has 0 radical (unpaired) electrons. The van der Waals surface area contributed by atoms with Gasteiger partial charge in [0.15, 0.2) is 11.5 Å². The lowest BCUT2D eigenvalue weighted by Gasteiger charge is -2.30. The van der Waals surface area contributed by atoms with E-state index >= 15 is 0 Å². The van der Waals surface area contributed by atoms with E-state index < -0.39 is 6.04 Å². The number of benzene rings is 2. The van der Waals surface area contributed by atoms with E-state index in [0.717, 1.165) is 11.1 Å². The minimum atomic E-state index is -0.534. The number of ether oxygens (including phenoxy) is 2. The molecule has 0 aliphatic carbocycles. The van der Waals surface area contributed by atoms with E-state index in [0.29, 0.717) is 42.5 Å². The molecule has 2 aromatic rings. The van der Waals surface area contributed by atoms with Crippen LogP contribution in [0, 0.1) is 0 Å². The molecule has 0 saturated heterocycles. The molecule has 2 amide bonds. The minimum Gasteiger partial charge on any atom is -0.493 e. The van der Waals surface area contributed by atoms with Crippen LogP contribution in [0.4, 0.5) is 0 Å². The Labute approximate surface area is 189 Å². The van der Waals surface area contributed by atoms with E-state index in [2.05, 4.69) is 5.32 Å². The molecular formula is C24H31ClN2O4. The van der Waals surface area contributed by atoms with Gasteiger partial charge in [0, 0.05) is 24.5 Å². The Morgan fingerprint density at radius 2 is 1.65 bits per heavy atom. The molecule has 31 heavy (non-hydrogen) atoms. The van der Waals surface area contributed by atoms with Crippen LogP contribution >= 0.6 is 11.6 Å². The van der Waals surface area contributed by atoms with Crippen molar-refractivity contribution in [1.29, 1.82) is 0 Å². The topological polar surface area (TPSA) is 67.9 Å². The molecular weight excluding hydrogens is 416 g/mol. The first kappa shape index (κ1) is 24.5. The van der Waals surface area contributed by atoms with Crippen molar-refractivity contribution < 1.29 is 19.1 Å². The molecule has 1 N–H and O–H groups in total. The summed E-state index contributed by atoms with van der Waals surface area (Å²) < 4.78 is 10.6. The Bertz CT molecular complexity index is 870. The van der Waals surface area contributed by atoms with E-state index in [1.807, 2.05) is 44.2 Å². The van der Waals surface area contributed by atoms with E-state index in [1.54, 1.807) is 31.3 Å². The molecule has 168 valence electrons. The maximum absolute atomic E-state index is 13.2. The number of nitrogens with zero attached hydrogens (tertiary/aromatic N) is 1. The van der Waals surface area contributed by atoms with Gasteiger partial charge < -0.3 is 19.7 Å². The summed E-state index contributed by atoms with van der Waals surface area (Å²) in [4.78, 5) is 27.5. The van der Waals surface area contributed by atoms with Gasteiger partial charge in [-0.1, -0.05) is 36.7 Å². The first-order valence-corrected chi connectivity index (χ1v) is 10.8. The summed E-state index contributed by atoms with van der Waals surface area (Å²) in [6.07, 6.45) is 1.34.